The fraction of sp³-hybridized carbons (Fsp3) is 1.00. The third-order valence-electron chi connectivity index (χ3n) is 9.19. The van der Waals surface area contributed by atoms with E-state index in [2.05, 4.69) is 41.5 Å². The second-order valence-electron chi connectivity index (χ2n) is 10.3. The van der Waals surface area contributed by atoms with Gasteiger partial charge in [-0.25, -0.2) is 0 Å². The molecule has 5 rings (SSSR count). The molecule has 9 unspecified atom stereocenters. The normalized spacial score (nSPS) is 64.9. The number of fused-ring (bicyclic) bond motifs is 4. The molecule has 0 aromatic carbocycles. The van der Waals surface area contributed by atoms with Crippen molar-refractivity contribution in [1.82, 2.24) is 0 Å². The monoisotopic (exact) mass is 258 g/mol. The first-order chi connectivity index (χ1) is 8.79. The maximum atomic E-state index is 2.64. The minimum atomic E-state index is 0.632. The average molecular weight is 258 g/mol. The summed E-state index contributed by atoms with van der Waals surface area (Å²) >= 11 is 0. The van der Waals surface area contributed by atoms with E-state index in [1.807, 2.05) is 0 Å². The summed E-state index contributed by atoms with van der Waals surface area (Å²) in [7, 11) is 0. The molecule has 0 aromatic rings. The van der Waals surface area contributed by atoms with Gasteiger partial charge in [0.25, 0.3) is 0 Å². The van der Waals surface area contributed by atoms with Gasteiger partial charge in [0, 0.05) is 0 Å². The molecular formula is C19H30. The Morgan fingerprint density at radius 2 is 1.42 bits per heavy atom. The van der Waals surface area contributed by atoms with Gasteiger partial charge in [0.05, 0.1) is 0 Å². The summed E-state index contributed by atoms with van der Waals surface area (Å²) in [4.78, 5) is 0. The van der Waals surface area contributed by atoms with Gasteiger partial charge in [0.1, 0.15) is 0 Å². The Hall–Kier alpha value is 0. The molecule has 0 aliphatic heterocycles. The van der Waals surface area contributed by atoms with Crippen molar-refractivity contribution in [2.45, 2.75) is 48.0 Å². The lowest BCUT2D eigenvalue weighted by molar-refractivity contribution is -0.0724. The Bertz CT molecular complexity index is 455. The Morgan fingerprint density at radius 1 is 0.789 bits per heavy atom. The lowest BCUT2D eigenvalue weighted by atomic mass is 9.50. The fourth-order valence-electron chi connectivity index (χ4n) is 9.52. The largest absolute Gasteiger partial charge is 0.0625 e. The molecule has 0 radical (unpaired) electrons. The van der Waals surface area contributed by atoms with E-state index in [9.17, 15) is 0 Å². The third-order valence-corrected chi connectivity index (χ3v) is 9.19. The highest BCUT2D eigenvalue weighted by Crippen LogP contribution is 2.88. The summed E-state index contributed by atoms with van der Waals surface area (Å²) in [6.45, 7) is 15.5. The Labute approximate surface area is 118 Å². The van der Waals surface area contributed by atoms with Crippen LogP contribution in [0.15, 0.2) is 0 Å². The smallest absolute Gasteiger partial charge is 0.0287 e. The van der Waals surface area contributed by atoms with Gasteiger partial charge in [-0.3, -0.25) is 0 Å². The van der Waals surface area contributed by atoms with Crippen molar-refractivity contribution in [3.05, 3.63) is 0 Å². The molecule has 9 atom stereocenters. The van der Waals surface area contributed by atoms with Gasteiger partial charge in [-0.1, -0.05) is 41.5 Å². The highest BCUT2D eigenvalue weighted by atomic mass is 14.9. The first-order valence-corrected chi connectivity index (χ1v) is 8.79. The van der Waals surface area contributed by atoms with E-state index < -0.39 is 0 Å². The van der Waals surface area contributed by atoms with Crippen molar-refractivity contribution in [2.75, 3.05) is 0 Å². The quantitative estimate of drug-likeness (QED) is 0.639. The molecular weight excluding hydrogens is 228 g/mol. The van der Waals surface area contributed by atoms with Crippen LogP contribution in [0.25, 0.3) is 0 Å². The number of hydrogen-bond acceptors (Lipinski definition) is 0. The van der Waals surface area contributed by atoms with E-state index >= 15 is 0 Å². The molecule has 0 aromatic heterocycles. The van der Waals surface area contributed by atoms with Crippen LogP contribution < -0.4 is 0 Å². The van der Waals surface area contributed by atoms with Crippen molar-refractivity contribution >= 4 is 0 Å². The Kier molecular flexibility index (Phi) is 1.72. The summed E-state index contributed by atoms with van der Waals surface area (Å²) in [6, 6.07) is 0. The molecule has 5 saturated carbocycles. The maximum absolute atomic E-state index is 2.64. The van der Waals surface area contributed by atoms with Gasteiger partial charge in [-0.15, -0.1) is 0 Å². The number of hydrogen-bond donors (Lipinski definition) is 0. The predicted octanol–water partition coefficient (Wildman–Crippen LogP) is 4.70. The van der Waals surface area contributed by atoms with E-state index in [0.29, 0.717) is 10.8 Å². The summed E-state index contributed by atoms with van der Waals surface area (Å²) in [5.41, 5.74) is 1.32. The highest BCUT2D eigenvalue weighted by Gasteiger charge is 2.84. The molecule has 0 N–H and O–H groups in total. The number of rotatable bonds is 1. The van der Waals surface area contributed by atoms with Crippen molar-refractivity contribution in [2.24, 2.45) is 70.0 Å². The van der Waals surface area contributed by atoms with Gasteiger partial charge in [-0.05, 0) is 76.4 Å². The van der Waals surface area contributed by atoms with Gasteiger partial charge in [0.15, 0.2) is 0 Å². The molecule has 5 aliphatic carbocycles. The average Bonchev–Trinajstić information content (AvgIpc) is 2.67. The summed E-state index contributed by atoms with van der Waals surface area (Å²) in [6.07, 6.45) is 1.61. The zero-order chi connectivity index (χ0) is 13.5. The van der Waals surface area contributed by atoms with E-state index in [-0.39, 0.29) is 0 Å². The molecule has 0 heteroatoms. The Morgan fingerprint density at radius 3 is 2.05 bits per heavy atom. The molecule has 5 fully saturated rings. The van der Waals surface area contributed by atoms with Gasteiger partial charge in [0.2, 0.25) is 0 Å². The predicted molar refractivity (Wildman–Crippen MR) is 78.4 cm³/mol. The third kappa shape index (κ3) is 0.889. The molecule has 5 aliphatic rings. The second-order valence-corrected chi connectivity index (χ2v) is 10.3. The van der Waals surface area contributed by atoms with Gasteiger partial charge in [-0.2, -0.15) is 0 Å². The molecule has 0 amide bonds. The first kappa shape index (κ1) is 11.6. The van der Waals surface area contributed by atoms with Crippen LogP contribution in [0.2, 0.25) is 0 Å². The first-order valence-electron chi connectivity index (χ1n) is 8.79. The minimum Gasteiger partial charge on any atom is -0.0625 e. The van der Waals surface area contributed by atoms with Crippen LogP contribution in [0, 0.1) is 70.0 Å². The van der Waals surface area contributed by atoms with E-state index in [1.165, 1.54) is 0 Å². The lowest BCUT2D eigenvalue weighted by Crippen LogP contribution is -2.50. The van der Waals surface area contributed by atoms with Crippen molar-refractivity contribution in [3.8, 4) is 0 Å². The maximum Gasteiger partial charge on any atom is -0.0287 e. The van der Waals surface area contributed by atoms with E-state index in [1.54, 1.807) is 6.42 Å². The summed E-state index contributed by atoms with van der Waals surface area (Å²) in [5.74, 6) is 10.9. The van der Waals surface area contributed by atoms with Gasteiger partial charge >= 0.3 is 0 Å². The molecule has 2 bridgehead atoms. The zero-order valence-electron chi connectivity index (χ0n) is 13.5. The van der Waals surface area contributed by atoms with Crippen molar-refractivity contribution in [3.63, 3.8) is 0 Å². The standard InChI is InChI=1S/C19H30/c1-8(2)15-11-9-7-10-12-14(16(9)18(10,3)4)13(11)17(12)19(15,5)6/h8-17H,7H2,1-6H3. The molecule has 19 heavy (non-hydrogen) atoms. The zero-order valence-corrected chi connectivity index (χ0v) is 13.5. The van der Waals surface area contributed by atoms with Crippen molar-refractivity contribution in [1.29, 1.82) is 0 Å². The lowest BCUT2D eigenvalue weighted by Gasteiger charge is -2.54. The molecule has 0 heterocycles. The van der Waals surface area contributed by atoms with Crippen molar-refractivity contribution < 1.29 is 0 Å². The SMILES string of the molecule is CC(C)C1C2C3CC4C5C(C2C5C1(C)C)C3C4(C)C. The molecule has 0 nitrogen and oxygen atoms in total. The van der Waals surface area contributed by atoms with Crippen LogP contribution in [0.5, 0.6) is 0 Å². The summed E-state index contributed by atoms with van der Waals surface area (Å²) < 4.78 is 0. The van der Waals surface area contributed by atoms with Crippen LogP contribution in [0.4, 0.5) is 0 Å². The summed E-state index contributed by atoms with van der Waals surface area (Å²) in [5, 5.41) is 0. The van der Waals surface area contributed by atoms with E-state index in [0.717, 1.165) is 59.2 Å². The van der Waals surface area contributed by atoms with Crippen LogP contribution in [0.1, 0.15) is 48.0 Å². The van der Waals surface area contributed by atoms with E-state index in [4.69, 9.17) is 0 Å². The van der Waals surface area contributed by atoms with Crippen LogP contribution in [0.3, 0.4) is 0 Å². The Balaban J connectivity index is 1.69. The molecule has 106 valence electrons. The second kappa shape index (κ2) is 2.81. The van der Waals surface area contributed by atoms with Crippen LogP contribution >= 0.6 is 0 Å². The van der Waals surface area contributed by atoms with Gasteiger partial charge < -0.3 is 0 Å². The molecule has 0 saturated heterocycles. The van der Waals surface area contributed by atoms with Crippen LogP contribution in [-0.4, -0.2) is 0 Å². The van der Waals surface area contributed by atoms with Crippen LogP contribution in [-0.2, 0) is 0 Å². The molecule has 0 spiro atoms. The topological polar surface area (TPSA) is 0 Å². The highest BCUT2D eigenvalue weighted by molar-refractivity contribution is 5.31. The fourth-order valence-corrected chi connectivity index (χ4v) is 9.52. The minimum absolute atomic E-state index is 0.632.